The predicted molar refractivity (Wildman–Crippen MR) is 101 cm³/mol. The van der Waals surface area contributed by atoms with E-state index in [4.69, 9.17) is 15.3 Å². The zero-order valence-electron chi connectivity index (χ0n) is 17.8. The molecule has 0 unspecified atom stereocenters. The third-order valence-corrected chi connectivity index (χ3v) is 4.75. The zero-order valence-corrected chi connectivity index (χ0v) is 20.6. The van der Waals surface area contributed by atoms with Gasteiger partial charge in [0.1, 0.15) is 18.2 Å². The van der Waals surface area contributed by atoms with E-state index in [-0.39, 0.29) is 45.5 Å². The van der Waals surface area contributed by atoms with Crippen LogP contribution in [0.1, 0.15) is 26.3 Å². The summed E-state index contributed by atoms with van der Waals surface area (Å²) >= 11 is 0. The van der Waals surface area contributed by atoms with Crippen LogP contribution in [-0.2, 0) is 36.0 Å². The van der Waals surface area contributed by atoms with Crippen molar-refractivity contribution in [2.24, 2.45) is 5.84 Å². The van der Waals surface area contributed by atoms with Crippen LogP contribution in [0.25, 0.3) is 0 Å². The molecule has 1 heterocycles. The second-order valence-corrected chi connectivity index (χ2v) is 8.66. The van der Waals surface area contributed by atoms with E-state index in [0.29, 0.717) is 5.56 Å². The summed E-state index contributed by atoms with van der Waals surface area (Å²) in [6.45, 7) is 4.27. The van der Waals surface area contributed by atoms with Gasteiger partial charge in [0.15, 0.2) is 16.3 Å². The second-order valence-electron chi connectivity index (χ2n) is 7.41. The first-order valence-electron chi connectivity index (χ1n) is 8.80. The molecule has 0 spiro atoms. The molecule has 2 atom stereocenters. The molecule has 1 fully saturated rings. The van der Waals surface area contributed by atoms with E-state index in [1.165, 1.54) is 20.8 Å². The molecule has 1 aliphatic heterocycles. The molecule has 0 bridgehead atoms. The van der Waals surface area contributed by atoms with E-state index in [1.807, 2.05) is 5.32 Å². The number of ether oxygens (including phenoxy) is 2. The average Bonchev–Trinajstić information content (AvgIpc) is 2.65. The van der Waals surface area contributed by atoms with Gasteiger partial charge in [-0.05, 0) is 26.3 Å². The van der Waals surface area contributed by atoms with Gasteiger partial charge in [0.05, 0.1) is 0 Å². The first-order chi connectivity index (χ1) is 14.2. The molecule has 1 aliphatic rings. The first kappa shape index (κ1) is 27.8. The molecular weight excluding hydrogens is 459 g/mol. The Bertz CT molecular complexity index is 981. The van der Waals surface area contributed by atoms with Crippen molar-refractivity contribution < 1.29 is 71.2 Å². The third-order valence-electron chi connectivity index (χ3n) is 3.86. The minimum Gasteiger partial charge on any atom is -0.731 e. The number of β-lactam (4-membered cyclic amide) rings is 1. The number of carbonyl (C=O) groups excluding carboxylic acids is 4. The Hall–Kier alpha value is -2.23. The number of benzene rings is 1. The van der Waals surface area contributed by atoms with Crippen molar-refractivity contribution in [1.29, 1.82) is 0 Å². The van der Waals surface area contributed by atoms with E-state index in [0.717, 1.165) is 0 Å². The summed E-state index contributed by atoms with van der Waals surface area (Å²) in [5.41, 5.74) is -0.430. The molecule has 3 N–H and O–H groups in total. The van der Waals surface area contributed by atoms with Crippen molar-refractivity contribution in [2.75, 3.05) is 0 Å². The predicted octanol–water partition coefficient (Wildman–Crippen LogP) is -3.41. The summed E-state index contributed by atoms with van der Waals surface area (Å²) in [6.07, 6.45) is -2.52. The number of amides is 4. The molecule has 1 saturated heterocycles. The van der Waals surface area contributed by atoms with Gasteiger partial charge >= 0.3 is 41.7 Å². The van der Waals surface area contributed by atoms with Crippen LogP contribution in [0.4, 0.5) is 9.59 Å². The Labute approximate surface area is 206 Å². The van der Waals surface area contributed by atoms with Crippen molar-refractivity contribution in [3.05, 3.63) is 35.9 Å². The summed E-state index contributed by atoms with van der Waals surface area (Å²) in [5.74, 6) is 2.54. The van der Waals surface area contributed by atoms with E-state index >= 15 is 0 Å². The number of alkyl carbamates (subject to hydrolysis) is 1. The van der Waals surface area contributed by atoms with Crippen LogP contribution >= 0.6 is 0 Å². The van der Waals surface area contributed by atoms with E-state index in [9.17, 15) is 32.1 Å². The summed E-state index contributed by atoms with van der Waals surface area (Å²) in [6, 6.07) is 4.58. The first-order valence-corrected chi connectivity index (χ1v) is 10.2. The molecule has 0 saturated carbocycles. The maximum atomic E-state index is 12.5. The van der Waals surface area contributed by atoms with Crippen LogP contribution in [0.2, 0.25) is 0 Å². The number of nitrogens with two attached hydrogens (primary N) is 1. The van der Waals surface area contributed by atoms with Gasteiger partial charge in [0.25, 0.3) is 11.8 Å². The van der Waals surface area contributed by atoms with Crippen molar-refractivity contribution in [1.82, 2.24) is 14.6 Å². The Morgan fingerprint density at radius 1 is 1.22 bits per heavy atom. The van der Waals surface area contributed by atoms with Gasteiger partial charge in [-0.1, -0.05) is 30.3 Å². The van der Waals surface area contributed by atoms with Gasteiger partial charge in [-0.25, -0.2) is 28.2 Å². The molecule has 32 heavy (non-hydrogen) atoms. The minimum absolute atomic E-state index is 0. The van der Waals surface area contributed by atoms with Gasteiger partial charge in [0, 0.05) is 0 Å². The standard InChI is InChI=1S/C17H22N4O9S.Na/c1-17(2,3)30-16(25)20(18)14(23)12-11(13(22)21(12)31(26,27)28)19-15(24)29-9-10-7-5-4-6-8-10;/h4-8,11-12H,9,18H2,1-3H3,(H,19,24)(H,26,27,28);/q;+1/p-1/t11-,12-;/m1./s1. The number of hydrazine groups is 1. The van der Waals surface area contributed by atoms with Gasteiger partial charge in [0.2, 0.25) is 0 Å². The number of imide groups is 1. The molecule has 15 heteroatoms. The second kappa shape index (κ2) is 10.6. The number of carbonyl (C=O) groups is 4. The van der Waals surface area contributed by atoms with Crippen LogP contribution in [0.3, 0.4) is 0 Å². The van der Waals surface area contributed by atoms with Gasteiger partial charge in [-0.3, -0.25) is 9.59 Å². The van der Waals surface area contributed by atoms with Crippen LogP contribution in [-0.4, -0.2) is 64.0 Å². The molecule has 4 amide bonds. The summed E-state index contributed by atoms with van der Waals surface area (Å²) in [4.78, 5) is 48.6. The fourth-order valence-electron chi connectivity index (χ4n) is 2.53. The van der Waals surface area contributed by atoms with Crippen molar-refractivity contribution in [3.63, 3.8) is 0 Å². The molecule has 13 nitrogen and oxygen atoms in total. The average molecular weight is 480 g/mol. The van der Waals surface area contributed by atoms with Crippen LogP contribution < -0.4 is 40.7 Å². The Morgan fingerprint density at radius 3 is 2.28 bits per heavy atom. The Morgan fingerprint density at radius 2 is 1.78 bits per heavy atom. The smallest absolute Gasteiger partial charge is 0.731 e. The van der Waals surface area contributed by atoms with Crippen LogP contribution in [0.5, 0.6) is 0 Å². The molecular formula is C17H21N4NaO9S. The Balaban J connectivity index is 0.00000512. The molecule has 0 aromatic heterocycles. The van der Waals surface area contributed by atoms with Crippen molar-refractivity contribution in [3.8, 4) is 0 Å². The van der Waals surface area contributed by atoms with Crippen molar-refractivity contribution >= 4 is 34.3 Å². The van der Waals surface area contributed by atoms with E-state index < -0.39 is 52.0 Å². The molecule has 170 valence electrons. The molecule has 1 aromatic carbocycles. The fourth-order valence-corrected chi connectivity index (χ4v) is 3.35. The zero-order chi connectivity index (χ0) is 23.6. The van der Waals surface area contributed by atoms with Crippen LogP contribution in [0.15, 0.2) is 30.3 Å². The SMILES string of the molecule is CC(C)(C)OC(=O)N(N)C(=O)[C@H]1[C@@H](NC(=O)OCc2ccccc2)C(=O)N1S(=O)(=O)[O-].[Na+]. The summed E-state index contributed by atoms with van der Waals surface area (Å²) in [5, 5.41) is 1.92. The number of rotatable bonds is 5. The number of hydrogen-bond acceptors (Lipinski definition) is 10. The third kappa shape index (κ3) is 6.88. The quantitative estimate of drug-likeness (QED) is 0.107. The van der Waals surface area contributed by atoms with E-state index in [1.54, 1.807) is 30.3 Å². The Kier molecular flexibility index (Phi) is 9.20. The molecule has 1 aromatic rings. The topological polar surface area (TPSA) is 188 Å². The van der Waals surface area contributed by atoms with Gasteiger partial charge < -0.3 is 19.3 Å². The monoisotopic (exact) mass is 480 g/mol. The number of hydrogen-bond donors (Lipinski definition) is 2. The van der Waals surface area contributed by atoms with Gasteiger partial charge in [-0.15, -0.1) is 0 Å². The normalized spacial score (nSPS) is 18.0. The fraction of sp³-hybridized carbons (Fsp3) is 0.412. The maximum absolute atomic E-state index is 12.5. The number of nitrogens with one attached hydrogen (secondary N) is 1. The largest absolute Gasteiger partial charge is 1.00 e. The maximum Gasteiger partial charge on any atom is 1.00 e. The van der Waals surface area contributed by atoms with Gasteiger partial charge in [-0.2, -0.15) is 5.01 Å². The number of nitrogens with zero attached hydrogens (tertiary/aromatic N) is 2. The molecule has 2 rings (SSSR count). The van der Waals surface area contributed by atoms with Crippen LogP contribution in [0, 0.1) is 0 Å². The minimum atomic E-state index is -5.44. The van der Waals surface area contributed by atoms with E-state index in [2.05, 4.69) is 0 Å². The summed E-state index contributed by atoms with van der Waals surface area (Å²) in [7, 11) is -5.44. The summed E-state index contributed by atoms with van der Waals surface area (Å²) < 4.78 is 43.6. The van der Waals surface area contributed by atoms with Crippen molar-refractivity contribution in [2.45, 2.75) is 45.1 Å². The molecule has 0 aliphatic carbocycles. The molecule has 0 radical (unpaired) electrons.